The van der Waals surface area contributed by atoms with Crippen LogP contribution in [0.4, 0.5) is 9.59 Å². The predicted octanol–water partition coefficient (Wildman–Crippen LogP) is 2.95. The predicted molar refractivity (Wildman–Crippen MR) is 100 cm³/mol. The van der Waals surface area contributed by atoms with Crippen LogP contribution < -0.4 is 5.32 Å². The number of nitrogens with one attached hydrogen (secondary N) is 1. The summed E-state index contributed by atoms with van der Waals surface area (Å²) in [7, 11) is 0. The molecule has 3 aliphatic rings. The Kier molecular flexibility index (Phi) is 5.14. The molecule has 3 heterocycles. The van der Waals surface area contributed by atoms with Crippen molar-refractivity contribution in [1.82, 2.24) is 25.5 Å². The molecule has 2 bridgehead atoms. The minimum absolute atomic E-state index is 0.0801. The molecule has 10 heteroatoms. The lowest BCUT2D eigenvalue weighted by Gasteiger charge is -2.29. The van der Waals surface area contributed by atoms with Gasteiger partial charge in [0, 0.05) is 18.5 Å². The number of fused-ring (bicyclic) bond motifs is 2. The fourth-order valence-electron chi connectivity index (χ4n) is 4.41. The summed E-state index contributed by atoms with van der Waals surface area (Å²) < 4.78 is 11.3. The summed E-state index contributed by atoms with van der Waals surface area (Å²) in [6, 6.07) is -0.737. The van der Waals surface area contributed by atoms with E-state index in [0.717, 1.165) is 30.7 Å². The van der Waals surface area contributed by atoms with E-state index in [0.29, 0.717) is 31.2 Å². The van der Waals surface area contributed by atoms with Crippen molar-refractivity contribution in [3.8, 4) is 0 Å². The smallest absolute Gasteiger partial charge is 0.407 e. The number of carbonyl (C=O) groups excluding carboxylic acids is 2. The van der Waals surface area contributed by atoms with Gasteiger partial charge in [-0.2, -0.15) is 0 Å². The van der Waals surface area contributed by atoms with E-state index in [1.165, 1.54) is 0 Å². The summed E-state index contributed by atoms with van der Waals surface area (Å²) in [6.07, 6.45) is 4.33. The number of amides is 3. The monoisotopic (exact) mass is 407 g/mol. The first kappa shape index (κ1) is 19.9. The number of hydroxylamine groups is 2. The summed E-state index contributed by atoms with van der Waals surface area (Å²) in [5.74, 6) is 1.18. The van der Waals surface area contributed by atoms with Crippen molar-refractivity contribution < 1.29 is 24.0 Å². The Morgan fingerprint density at radius 1 is 1.14 bits per heavy atom. The van der Waals surface area contributed by atoms with E-state index in [2.05, 4.69) is 15.5 Å². The molecule has 29 heavy (non-hydrogen) atoms. The largest absolute Gasteiger partial charge is 0.444 e. The van der Waals surface area contributed by atoms with E-state index in [9.17, 15) is 14.8 Å². The standard InChI is InChI=1S/C19H29N5O5/c1-19(2,3)29-17(25)20-12-6-4-11(5-7-12)15-21-22-16(28-15)14-9-8-13-10-23(14)18(26)24(13)27/h11-14,27H,4-10H2,1-3H3,(H,20,25)/t11?,12?,13-,14-/m0/s1. The number of rotatable bonds is 3. The van der Waals surface area contributed by atoms with E-state index in [1.54, 1.807) is 4.90 Å². The van der Waals surface area contributed by atoms with Gasteiger partial charge in [0.05, 0.1) is 6.04 Å². The van der Waals surface area contributed by atoms with Crippen LogP contribution in [0, 0.1) is 0 Å². The van der Waals surface area contributed by atoms with E-state index >= 15 is 0 Å². The van der Waals surface area contributed by atoms with Crippen LogP contribution in [0.2, 0.25) is 0 Å². The number of hydrogen-bond donors (Lipinski definition) is 2. The highest BCUT2D eigenvalue weighted by atomic mass is 16.6. The lowest BCUT2D eigenvalue weighted by atomic mass is 9.86. The van der Waals surface area contributed by atoms with Crippen molar-refractivity contribution in [1.29, 1.82) is 0 Å². The van der Waals surface area contributed by atoms with Crippen LogP contribution >= 0.6 is 0 Å². The molecule has 160 valence electrons. The first-order valence-electron chi connectivity index (χ1n) is 10.3. The Morgan fingerprint density at radius 3 is 2.52 bits per heavy atom. The maximum absolute atomic E-state index is 12.2. The second-order valence-electron chi connectivity index (χ2n) is 9.20. The molecule has 1 saturated carbocycles. The number of ether oxygens (including phenoxy) is 1. The number of piperidine rings is 1. The first-order valence-corrected chi connectivity index (χ1v) is 10.3. The number of urea groups is 1. The molecule has 3 amide bonds. The van der Waals surface area contributed by atoms with E-state index in [-0.39, 0.29) is 30.1 Å². The van der Waals surface area contributed by atoms with Crippen LogP contribution in [0.15, 0.2) is 4.42 Å². The molecule has 1 aliphatic carbocycles. The van der Waals surface area contributed by atoms with Gasteiger partial charge in [-0.25, -0.2) is 14.7 Å². The van der Waals surface area contributed by atoms with Gasteiger partial charge in [0.15, 0.2) is 0 Å². The highest BCUT2D eigenvalue weighted by Crippen LogP contribution is 2.39. The SMILES string of the molecule is CC(C)(C)OC(=O)NC1CCC(c2nnc([C@@H]3CC[C@H]4CN3C(=O)N4O)o2)CC1. The molecule has 2 atom stereocenters. The molecule has 1 aromatic rings. The number of nitrogens with zero attached hydrogens (tertiary/aromatic N) is 4. The number of carbonyl (C=O) groups is 2. The zero-order chi connectivity index (χ0) is 20.8. The van der Waals surface area contributed by atoms with Crippen LogP contribution in [0.25, 0.3) is 0 Å². The van der Waals surface area contributed by atoms with Gasteiger partial charge in [0.25, 0.3) is 0 Å². The summed E-state index contributed by atoms with van der Waals surface area (Å²) in [5, 5.41) is 22.0. The highest BCUT2D eigenvalue weighted by Gasteiger charge is 2.46. The van der Waals surface area contributed by atoms with Crippen LogP contribution in [-0.2, 0) is 4.74 Å². The topological polar surface area (TPSA) is 121 Å². The maximum Gasteiger partial charge on any atom is 0.407 e. The lowest BCUT2D eigenvalue weighted by molar-refractivity contribution is -0.0584. The van der Waals surface area contributed by atoms with Crippen molar-refractivity contribution in [2.45, 2.75) is 88.9 Å². The molecule has 10 nitrogen and oxygen atoms in total. The molecule has 0 aromatic carbocycles. The van der Waals surface area contributed by atoms with Crippen LogP contribution in [0.5, 0.6) is 0 Å². The Hall–Kier alpha value is -2.36. The summed E-state index contributed by atoms with van der Waals surface area (Å²) in [5.41, 5.74) is -0.510. The number of aromatic nitrogens is 2. The zero-order valence-electron chi connectivity index (χ0n) is 17.1. The normalized spacial score (nSPS) is 29.9. The van der Waals surface area contributed by atoms with Gasteiger partial charge in [0.1, 0.15) is 11.6 Å². The van der Waals surface area contributed by atoms with Gasteiger partial charge in [-0.3, -0.25) is 5.21 Å². The van der Waals surface area contributed by atoms with Crippen molar-refractivity contribution in [3.63, 3.8) is 0 Å². The van der Waals surface area contributed by atoms with Crippen LogP contribution in [-0.4, -0.2) is 61.7 Å². The van der Waals surface area contributed by atoms with Gasteiger partial charge in [0.2, 0.25) is 11.8 Å². The summed E-state index contributed by atoms with van der Waals surface area (Å²) in [6.45, 7) is 6.02. The van der Waals surface area contributed by atoms with Crippen molar-refractivity contribution in [3.05, 3.63) is 11.8 Å². The fourth-order valence-corrected chi connectivity index (χ4v) is 4.41. The van der Waals surface area contributed by atoms with Gasteiger partial charge in [-0.1, -0.05) is 0 Å². The van der Waals surface area contributed by atoms with Crippen molar-refractivity contribution in [2.24, 2.45) is 0 Å². The third kappa shape index (κ3) is 4.17. The molecular weight excluding hydrogens is 378 g/mol. The van der Waals surface area contributed by atoms with E-state index in [4.69, 9.17) is 9.15 Å². The molecule has 2 N–H and O–H groups in total. The minimum atomic E-state index is -0.510. The Balaban J connectivity index is 1.32. The minimum Gasteiger partial charge on any atom is -0.444 e. The molecule has 4 rings (SSSR count). The number of hydrogen-bond acceptors (Lipinski definition) is 7. The Morgan fingerprint density at radius 2 is 1.83 bits per heavy atom. The molecule has 2 aliphatic heterocycles. The summed E-state index contributed by atoms with van der Waals surface area (Å²) >= 11 is 0. The van der Waals surface area contributed by atoms with Gasteiger partial charge >= 0.3 is 12.1 Å². The Labute approximate surface area is 169 Å². The van der Waals surface area contributed by atoms with Crippen LogP contribution in [0.3, 0.4) is 0 Å². The Bertz CT molecular complexity index is 767. The molecule has 0 radical (unpaired) electrons. The lowest BCUT2D eigenvalue weighted by Crippen LogP contribution is -2.40. The van der Waals surface area contributed by atoms with Gasteiger partial charge in [-0.05, 0) is 59.3 Å². The van der Waals surface area contributed by atoms with Crippen LogP contribution in [0.1, 0.15) is 83.0 Å². The van der Waals surface area contributed by atoms with Gasteiger partial charge < -0.3 is 19.4 Å². The quantitative estimate of drug-likeness (QED) is 0.739. The van der Waals surface area contributed by atoms with Crippen molar-refractivity contribution in [2.75, 3.05) is 6.54 Å². The third-order valence-electron chi connectivity index (χ3n) is 5.88. The molecule has 3 fully saturated rings. The van der Waals surface area contributed by atoms with Gasteiger partial charge in [-0.15, -0.1) is 10.2 Å². The van der Waals surface area contributed by atoms with E-state index < -0.39 is 11.6 Å². The fraction of sp³-hybridized carbons (Fsp3) is 0.789. The molecule has 2 saturated heterocycles. The number of alkyl carbamates (subject to hydrolysis) is 1. The molecule has 0 spiro atoms. The molecule has 1 aromatic heterocycles. The second kappa shape index (κ2) is 7.47. The van der Waals surface area contributed by atoms with E-state index in [1.807, 2.05) is 20.8 Å². The van der Waals surface area contributed by atoms with Crippen molar-refractivity contribution >= 4 is 12.1 Å². The average Bonchev–Trinajstić information content (AvgIpc) is 3.22. The zero-order valence-corrected chi connectivity index (χ0v) is 17.1. The summed E-state index contributed by atoms with van der Waals surface area (Å²) in [4.78, 5) is 25.7. The molecular formula is C19H29N5O5. The average molecular weight is 407 g/mol. The second-order valence-corrected chi connectivity index (χ2v) is 9.20. The first-order chi connectivity index (χ1) is 13.7. The maximum atomic E-state index is 12.2. The molecule has 0 unspecified atom stereocenters. The highest BCUT2D eigenvalue weighted by molar-refractivity contribution is 5.76. The third-order valence-corrected chi connectivity index (χ3v) is 5.88.